The van der Waals surface area contributed by atoms with E-state index >= 15 is 0 Å². The molecule has 0 bridgehead atoms. The van der Waals surface area contributed by atoms with Gasteiger partial charge in [-0.25, -0.2) is 0 Å². The third-order valence-electron chi connectivity index (χ3n) is 2.77. The van der Waals surface area contributed by atoms with E-state index in [1.54, 1.807) is 7.11 Å². The van der Waals surface area contributed by atoms with Crippen LogP contribution in [0.3, 0.4) is 0 Å². The second kappa shape index (κ2) is 13.3. The minimum absolute atomic E-state index is 0.443. The fourth-order valence-electron chi connectivity index (χ4n) is 1.55. The number of ether oxygens (including phenoxy) is 3. The summed E-state index contributed by atoms with van der Waals surface area (Å²) in [5.41, 5.74) is 0. The highest BCUT2D eigenvalue weighted by Crippen LogP contribution is 2.02. The van der Waals surface area contributed by atoms with Crippen molar-refractivity contribution in [3.05, 3.63) is 0 Å². The van der Waals surface area contributed by atoms with Crippen molar-refractivity contribution in [2.24, 2.45) is 5.92 Å². The van der Waals surface area contributed by atoms with E-state index in [1.807, 2.05) is 0 Å². The maximum absolute atomic E-state index is 5.64. The molecular formula is C14H31NO3. The molecule has 0 aliphatic carbocycles. The largest absolute Gasteiger partial charge is 0.385 e. The monoisotopic (exact) mass is 261 g/mol. The zero-order valence-electron chi connectivity index (χ0n) is 12.5. The summed E-state index contributed by atoms with van der Waals surface area (Å²) in [6, 6.07) is 0.443. The Bertz CT molecular complexity index is 165. The molecule has 4 nitrogen and oxygen atoms in total. The molecule has 0 aliphatic heterocycles. The first kappa shape index (κ1) is 17.8. The Morgan fingerprint density at radius 3 is 2.33 bits per heavy atom. The van der Waals surface area contributed by atoms with Crippen molar-refractivity contribution < 1.29 is 14.2 Å². The molecule has 0 aliphatic rings. The standard InChI is InChI=1S/C14H31NO3/c1-5-7-15-14(13(2)3)12-18-11-10-17-9-6-8-16-4/h13-15H,5-12H2,1-4H3. The SMILES string of the molecule is CCCNC(COCCOCCCOC)C(C)C. The van der Waals surface area contributed by atoms with E-state index in [-0.39, 0.29) is 0 Å². The summed E-state index contributed by atoms with van der Waals surface area (Å²) in [5, 5.41) is 3.51. The minimum atomic E-state index is 0.443. The van der Waals surface area contributed by atoms with Gasteiger partial charge in [-0.15, -0.1) is 0 Å². The highest BCUT2D eigenvalue weighted by molar-refractivity contribution is 4.69. The minimum Gasteiger partial charge on any atom is -0.385 e. The third kappa shape index (κ3) is 11.0. The van der Waals surface area contributed by atoms with Crippen LogP contribution in [0.25, 0.3) is 0 Å². The Labute approximate surface area is 112 Å². The van der Waals surface area contributed by atoms with E-state index in [9.17, 15) is 0 Å². The first-order chi connectivity index (χ1) is 8.72. The fraction of sp³-hybridized carbons (Fsp3) is 1.00. The molecule has 0 spiro atoms. The predicted molar refractivity (Wildman–Crippen MR) is 75.1 cm³/mol. The summed E-state index contributed by atoms with van der Waals surface area (Å²) >= 11 is 0. The van der Waals surface area contributed by atoms with Crippen molar-refractivity contribution in [1.29, 1.82) is 0 Å². The molecule has 0 saturated carbocycles. The van der Waals surface area contributed by atoms with Crippen LogP contribution in [0.2, 0.25) is 0 Å². The molecule has 0 saturated heterocycles. The van der Waals surface area contributed by atoms with Crippen molar-refractivity contribution in [2.45, 2.75) is 39.7 Å². The Balaban J connectivity index is 3.37. The second-order valence-electron chi connectivity index (χ2n) is 4.84. The summed E-state index contributed by atoms with van der Waals surface area (Å²) in [5.74, 6) is 0.596. The Hall–Kier alpha value is -0.160. The van der Waals surface area contributed by atoms with Crippen molar-refractivity contribution in [1.82, 2.24) is 5.32 Å². The summed E-state index contributed by atoms with van der Waals surface area (Å²) in [6.07, 6.45) is 2.11. The van der Waals surface area contributed by atoms with E-state index in [2.05, 4.69) is 26.1 Å². The number of nitrogens with one attached hydrogen (secondary N) is 1. The Morgan fingerprint density at radius 2 is 1.72 bits per heavy atom. The van der Waals surface area contributed by atoms with Crippen LogP contribution in [0, 0.1) is 5.92 Å². The van der Waals surface area contributed by atoms with Crippen LogP contribution in [0.15, 0.2) is 0 Å². The van der Waals surface area contributed by atoms with E-state index in [4.69, 9.17) is 14.2 Å². The maximum atomic E-state index is 5.64. The van der Waals surface area contributed by atoms with E-state index in [0.29, 0.717) is 25.2 Å². The van der Waals surface area contributed by atoms with Gasteiger partial charge in [0.15, 0.2) is 0 Å². The average molecular weight is 261 g/mol. The lowest BCUT2D eigenvalue weighted by atomic mass is 10.1. The Morgan fingerprint density at radius 1 is 1.00 bits per heavy atom. The van der Waals surface area contributed by atoms with Crippen LogP contribution >= 0.6 is 0 Å². The lowest BCUT2D eigenvalue weighted by Gasteiger charge is -2.22. The number of rotatable bonds is 13. The topological polar surface area (TPSA) is 39.7 Å². The van der Waals surface area contributed by atoms with Crippen LogP contribution in [0.5, 0.6) is 0 Å². The molecule has 0 heterocycles. The van der Waals surface area contributed by atoms with Gasteiger partial charge >= 0.3 is 0 Å². The lowest BCUT2D eigenvalue weighted by Crippen LogP contribution is -2.38. The first-order valence-electron chi connectivity index (χ1n) is 7.10. The maximum Gasteiger partial charge on any atom is 0.0701 e. The van der Waals surface area contributed by atoms with Crippen LogP contribution in [-0.2, 0) is 14.2 Å². The molecule has 1 N–H and O–H groups in total. The molecule has 18 heavy (non-hydrogen) atoms. The van der Waals surface area contributed by atoms with Crippen molar-refractivity contribution >= 4 is 0 Å². The second-order valence-corrected chi connectivity index (χ2v) is 4.84. The molecule has 0 aromatic heterocycles. The van der Waals surface area contributed by atoms with Gasteiger partial charge in [0.05, 0.1) is 19.8 Å². The molecule has 0 aromatic carbocycles. The molecule has 4 heteroatoms. The van der Waals surface area contributed by atoms with E-state index < -0.39 is 0 Å². The molecule has 1 atom stereocenters. The average Bonchev–Trinajstić information content (AvgIpc) is 2.35. The van der Waals surface area contributed by atoms with Crippen molar-refractivity contribution in [3.63, 3.8) is 0 Å². The molecule has 110 valence electrons. The zero-order valence-corrected chi connectivity index (χ0v) is 12.5. The van der Waals surface area contributed by atoms with Gasteiger partial charge < -0.3 is 19.5 Å². The van der Waals surface area contributed by atoms with Gasteiger partial charge in [0.1, 0.15) is 0 Å². The molecule has 0 rings (SSSR count). The van der Waals surface area contributed by atoms with E-state index in [0.717, 1.165) is 39.2 Å². The Kier molecular flexibility index (Phi) is 13.2. The molecule has 0 amide bonds. The van der Waals surface area contributed by atoms with Gasteiger partial charge in [0.25, 0.3) is 0 Å². The van der Waals surface area contributed by atoms with Crippen molar-refractivity contribution in [3.8, 4) is 0 Å². The highest BCUT2D eigenvalue weighted by atomic mass is 16.5. The molecule has 0 aromatic rings. The van der Waals surface area contributed by atoms with Gasteiger partial charge in [-0.1, -0.05) is 20.8 Å². The van der Waals surface area contributed by atoms with Crippen LogP contribution in [0.1, 0.15) is 33.6 Å². The smallest absolute Gasteiger partial charge is 0.0701 e. The quantitative estimate of drug-likeness (QED) is 0.515. The van der Waals surface area contributed by atoms with Crippen LogP contribution < -0.4 is 5.32 Å². The number of methoxy groups -OCH3 is 1. The molecule has 0 fully saturated rings. The normalized spacial score (nSPS) is 13.2. The lowest BCUT2D eigenvalue weighted by molar-refractivity contribution is 0.0283. The summed E-state index contributed by atoms with van der Waals surface area (Å²) in [4.78, 5) is 0. The molecular weight excluding hydrogens is 230 g/mol. The predicted octanol–water partition coefficient (Wildman–Crippen LogP) is 2.08. The number of hydrogen-bond donors (Lipinski definition) is 1. The van der Waals surface area contributed by atoms with Gasteiger partial charge in [0.2, 0.25) is 0 Å². The van der Waals surface area contributed by atoms with Crippen LogP contribution in [0.4, 0.5) is 0 Å². The van der Waals surface area contributed by atoms with Gasteiger partial charge in [-0.05, 0) is 25.3 Å². The van der Waals surface area contributed by atoms with Crippen molar-refractivity contribution in [2.75, 3.05) is 46.7 Å². The molecule has 1 unspecified atom stereocenters. The van der Waals surface area contributed by atoms with Crippen LogP contribution in [-0.4, -0.2) is 52.7 Å². The summed E-state index contributed by atoms with van der Waals surface area (Å²) < 4.78 is 16.0. The van der Waals surface area contributed by atoms with E-state index in [1.165, 1.54) is 0 Å². The molecule has 0 radical (unpaired) electrons. The third-order valence-corrected chi connectivity index (χ3v) is 2.77. The summed E-state index contributed by atoms with van der Waals surface area (Å²) in [6.45, 7) is 11.3. The van der Waals surface area contributed by atoms with Gasteiger partial charge in [-0.3, -0.25) is 0 Å². The number of hydrogen-bond acceptors (Lipinski definition) is 4. The zero-order chi connectivity index (χ0) is 13.6. The summed E-state index contributed by atoms with van der Waals surface area (Å²) in [7, 11) is 1.71. The highest BCUT2D eigenvalue weighted by Gasteiger charge is 2.11. The van der Waals surface area contributed by atoms with Gasteiger partial charge in [-0.2, -0.15) is 0 Å². The fourth-order valence-corrected chi connectivity index (χ4v) is 1.55. The first-order valence-corrected chi connectivity index (χ1v) is 7.10. The van der Waals surface area contributed by atoms with Gasteiger partial charge in [0, 0.05) is 26.4 Å².